The minimum absolute atomic E-state index is 0.0498. The van der Waals surface area contributed by atoms with Gasteiger partial charge in [-0.3, -0.25) is 9.69 Å². The first-order valence-corrected chi connectivity index (χ1v) is 5.50. The number of rotatable bonds is 6. The second-order valence-electron chi connectivity index (χ2n) is 4.02. The summed E-state index contributed by atoms with van der Waals surface area (Å²) in [6.45, 7) is 7.50. The standard InChI is InChI=1S/C11H19N3O2/c1-4-13-6-5-12-10(13)7-14(9(2)3)8-11(15)16/h5-6,9H,4,7-8H2,1-3H3,(H,15,16). The second kappa shape index (κ2) is 5.65. The number of hydrogen-bond acceptors (Lipinski definition) is 3. The molecule has 0 amide bonds. The molecule has 16 heavy (non-hydrogen) atoms. The van der Waals surface area contributed by atoms with Crippen LogP contribution in [0, 0.1) is 0 Å². The molecule has 5 heteroatoms. The minimum atomic E-state index is -0.802. The first-order chi connectivity index (χ1) is 7.54. The van der Waals surface area contributed by atoms with Gasteiger partial charge in [-0.2, -0.15) is 0 Å². The number of aromatic nitrogens is 2. The highest BCUT2D eigenvalue weighted by Crippen LogP contribution is 2.06. The molecule has 5 nitrogen and oxygen atoms in total. The van der Waals surface area contributed by atoms with Crippen molar-refractivity contribution < 1.29 is 9.90 Å². The molecule has 0 unspecified atom stereocenters. The summed E-state index contributed by atoms with van der Waals surface area (Å²) < 4.78 is 2.03. The lowest BCUT2D eigenvalue weighted by atomic mass is 10.3. The topological polar surface area (TPSA) is 58.4 Å². The number of imidazole rings is 1. The maximum atomic E-state index is 10.7. The zero-order valence-electron chi connectivity index (χ0n) is 10.1. The Morgan fingerprint density at radius 2 is 2.31 bits per heavy atom. The van der Waals surface area contributed by atoms with Crippen molar-refractivity contribution in [3.05, 3.63) is 18.2 Å². The van der Waals surface area contributed by atoms with Gasteiger partial charge in [0.1, 0.15) is 5.82 Å². The average molecular weight is 225 g/mol. The highest BCUT2D eigenvalue weighted by Gasteiger charge is 2.15. The molecule has 0 bridgehead atoms. The minimum Gasteiger partial charge on any atom is -0.480 e. The van der Waals surface area contributed by atoms with E-state index in [2.05, 4.69) is 4.98 Å². The predicted octanol–water partition coefficient (Wildman–Crippen LogP) is 1.20. The van der Waals surface area contributed by atoms with Crippen LogP contribution in [0.5, 0.6) is 0 Å². The maximum Gasteiger partial charge on any atom is 0.317 e. The van der Waals surface area contributed by atoms with Gasteiger partial charge >= 0.3 is 5.97 Å². The monoisotopic (exact) mass is 225 g/mol. The fourth-order valence-electron chi connectivity index (χ4n) is 1.56. The highest BCUT2D eigenvalue weighted by molar-refractivity contribution is 5.69. The second-order valence-corrected chi connectivity index (χ2v) is 4.02. The number of hydrogen-bond donors (Lipinski definition) is 1. The lowest BCUT2D eigenvalue weighted by Gasteiger charge is -2.24. The van der Waals surface area contributed by atoms with Crippen LogP contribution in [-0.2, 0) is 17.9 Å². The smallest absolute Gasteiger partial charge is 0.317 e. The van der Waals surface area contributed by atoms with Gasteiger partial charge < -0.3 is 9.67 Å². The molecule has 1 rings (SSSR count). The van der Waals surface area contributed by atoms with Gasteiger partial charge in [0, 0.05) is 25.0 Å². The fraction of sp³-hybridized carbons (Fsp3) is 0.636. The van der Waals surface area contributed by atoms with E-state index in [-0.39, 0.29) is 12.6 Å². The van der Waals surface area contributed by atoms with Crippen LogP contribution < -0.4 is 0 Å². The van der Waals surface area contributed by atoms with Crippen LogP contribution in [0.25, 0.3) is 0 Å². The molecule has 0 fully saturated rings. The van der Waals surface area contributed by atoms with Crippen molar-refractivity contribution in [3.8, 4) is 0 Å². The predicted molar refractivity (Wildman–Crippen MR) is 61.1 cm³/mol. The molecule has 0 aliphatic carbocycles. The van der Waals surface area contributed by atoms with Crippen molar-refractivity contribution in [1.82, 2.24) is 14.5 Å². The Balaban J connectivity index is 2.71. The summed E-state index contributed by atoms with van der Waals surface area (Å²) in [5.74, 6) is 0.112. The number of nitrogens with zero attached hydrogens (tertiary/aromatic N) is 3. The lowest BCUT2D eigenvalue weighted by molar-refractivity contribution is -0.139. The van der Waals surface area contributed by atoms with Gasteiger partial charge in [0.05, 0.1) is 13.1 Å². The number of carbonyl (C=O) groups is 1. The van der Waals surface area contributed by atoms with Crippen molar-refractivity contribution in [2.75, 3.05) is 6.54 Å². The molecule has 0 saturated carbocycles. The third-order valence-electron chi connectivity index (χ3n) is 2.56. The summed E-state index contributed by atoms with van der Waals surface area (Å²) in [5.41, 5.74) is 0. The average Bonchev–Trinajstić information content (AvgIpc) is 2.63. The first-order valence-electron chi connectivity index (χ1n) is 5.50. The number of carboxylic acid groups (broad SMARTS) is 1. The lowest BCUT2D eigenvalue weighted by Crippen LogP contribution is -2.35. The van der Waals surface area contributed by atoms with E-state index in [4.69, 9.17) is 5.11 Å². The molecule has 1 aromatic heterocycles. The summed E-state index contributed by atoms with van der Waals surface area (Å²) in [6, 6.07) is 0.193. The summed E-state index contributed by atoms with van der Waals surface area (Å²) in [5, 5.41) is 8.82. The van der Waals surface area contributed by atoms with E-state index in [1.807, 2.05) is 36.4 Å². The van der Waals surface area contributed by atoms with Crippen LogP contribution in [0.15, 0.2) is 12.4 Å². The van der Waals surface area contributed by atoms with E-state index in [1.165, 1.54) is 0 Å². The quantitative estimate of drug-likeness (QED) is 0.790. The van der Waals surface area contributed by atoms with E-state index < -0.39 is 5.97 Å². The van der Waals surface area contributed by atoms with Gasteiger partial charge in [-0.15, -0.1) is 0 Å². The van der Waals surface area contributed by atoms with E-state index in [9.17, 15) is 4.79 Å². The van der Waals surface area contributed by atoms with E-state index in [1.54, 1.807) is 6.20 Å². The number of aryl methyl sites for hydroxylation is 1. The SMILES string of the molecule is CCn1ccnc1CN(CC(=O)O)C(C)C. The number of carboxylic acids is 1. The van der Waals surface area contributed by atoms with Gasteiger partial charge in [-0.05, 0) is 20.8 Å². The molecular formula is C11H19N3O2. The van der Waals surface area contributed by atoms with Gasteiger partial charge in [0.25, 0.3) is 0 Å². The molecule has 0 radical (unpaired) electrons. The van der Waals surface area contributed by atoms with Crippen LogP contribution >= 0.6 is 0 Å². The van der Waals surface area contributed by atoms with Crippen LogP contribution in [0.3, 0.4) is 0 Å². The molecule has 0 aliphatic heterocycles. The van der Waals surface area contributed by atoms with Crippen molar-refractivity contribution in [1.29, 1.82) is 0 Å². The Kier molecular flexibility index (Phi) is 4.49. The third kappa shape index (κ3) is 3.34. The molecule has 1 heterocycles. The van der Waals surface area contributed by atoms with Crippen LogP contribution in [-0.4, -0.2) is 38.1 Å². The molecule has 0 aliphatic rings. The Morgan fingerprint density at radius 1 is 1.62 bits per heavy atom. The van der Waals surface area contributed by atoms with Crippen LogP contribution in [0.1, 0.15) is 26.6 Å². The largest absolute Gasteiger partial charge is 0.480 e. The van der Waals surface area contributed by atoms with Crippen LogP contribution in [0.4, 0.5) is 0 Å². The summed E-state index contributed by atoms with van der Waals surface area (Å²) >= 11 is 0. The fourth-order valence-corrected chi connectivity index (χ4v) is 1.56. The Morgan fingerprint density at radius 3 is 2.81 bits per heavy atom. The Hall–Kier alpha value is -1.36. The Labute approximate surface area is 95.7 Å². The van der Waals surface area contributed by atoms with Crippen LogP contribution in [0.2, 0.25) is 0 Å². The summed E-state index contributed by atoms with van der Waals surface area (Å²) in [7, 11) is 0. The molecule has 0 saturated heterocycles. The zero-order chi connectivity index (χ0) is 12.1. The van der Waals surface area contributed by atoms with E-state index in [0.29, 0.717) is 6.54 Å². The summed E-state index contributed by atoms with van der Waals surface area (Å²) in [6.07, 6.45) is 3.66. The van der Waals surface area contributed by atoms with Crippen molar-refractivity contribution in [3.63, 3.8) is 0 Å². The molecule has 0 atom stereocenters. The summed E-state index contributed by atoms with van der Waals surface area (Å²) in [4.78, 5) is 16.9. The van der Waals surface area contributed by atoms with Crippen molar-refractivity contribution >= 4 is 5.97 Å². The Bertz CT molecular complexity index is 347. The van der Waals surface area contributed by atoms with E-state index >= 15 is 0 Å². The molecule has 1 N–H and O–H groups in total. The third-order valence-corrected chi connectivity index (χ3v) is 2.56. The normalized spacial score (nSPS) is 11.3. The van der Waals surface area contributed by atoms with Gasteiger partial charge in [0.2, 0.25) is 0 Å². The van der Waals surface area contributed by atoms with Crippen molar-refractivity contribution in [2.45, 2.75) is 39.9 Å². The van der Waals surface area contributed by atoms with Gasteiger partial charge in [-0.25, -0.2) is 4.98 Å². The van der Waals surface area contributed by atoms with Crippen molar-refractivity contribution in [2.24, 2.45) is 0 Å². The zero-order valence-corrected chi connectivity index (χ0v) is 10.1. The first kappa shape index (κ1) is 12.7. The highest BCUT2D eigenvalue weighted by atomic mass is 16.4. The van der Waals surface area contributed by atoms with Gasteiger partial charge in [0.15, 0.2) is 0 Å². The number of aliphatic carboxylic acids is 1. The molecule has 90 valence electrons. The molecule has 1 aromatic rings. The van der Waals surface area contributed by atoms with E-state index in [0.717, 1.165) is 12.4 Å². The molecule has 0 spiro atoms. The van der Waals surface area contributed by atoms with Gasteiger partial charge in [-0.1, -0.05) is 0 Å². The molecule has 0 aromatic carbocycles. The molecular weight excluding hydrogens is 206 g/mol. The maximum absolute atomic E-state index is 10.7.